The molecule has 2 rings (SSSR count). The van der Waals surface area contributed by atoms with E-state index in [0.717, 1.165) is 29.4 Å². The molecule has 0 bridgehead atoms. The van der Waals surface area contributed by atoms with E-state index >= 15 is 0 Å². The van der Waals surface area contributed by atoms with Gasteiger partial charge in [-0.25, -0.2) is 4.98 Å². The van der Waals surface area contributed by atoms with Crippen LogP contribution in [0.2, 0.25) is 0 Å². The normalized spacial score (nSPS) is 22.9. The molecule has 1 aromatic rings. The largest absolute Gasteiger partial charge is 0.316 e. The summed E-state index contributed by atoms with van der Waals surface area (Å²) in [5.74, 6) is 1.28. The standard InChI is InChI=1S/C12H18N2OS/c1-10-4-6-14-12(7-10)16(15)9-11-3-2-5-13-8-11/h4,6-7,11,13H,2-3,5,8-9H2,1H3/t11-,16+/m1/s1. The van der Waals surface area contributed by atoms with Crippen LogP contribution in [0.4, 0.5) is 0 Å². The van der Waals surface area contributed by atoms with Gasteiger partial charge >= 0.3 is 0 Å². The molecule has 1 saturated heterocycles. The third kappa shape index (κ3) is 3.12. The Kier molecular flexibility index (Phi) is 4.07. The summed E-state index contributed by atoms with van der Waals surface area (Å²) in [4.78, 5) is 4.18. The summed E-state index contributed by atoms with van der Waals surface area (Å²) >= 11 is 0. The second-order valence-electron chi connectivity index (χ2n) is 4.40. The zero-order valence-corrected chi connectivity index (χ0v) is 10.4. The molecule has 0 radical (unpaired) electrons. The average molecular weight is 238 g/mol. The van der Waals surface area contributed by atoms with E-state index in [1.807, 2.05) is 19.1 Å². The van der Waals surface area contributed by atoms with Crippen LogP contribution in [0.1, 0.15) is 18.4 Å². The van der Waals surface area contributed by atoms with Gasteiger partial charge in [0.2, 0.25) is 0 Å². The summed E-state index contributed by atoms with van der Waals surface area (Å²) in [5, 5.41) is 4.08. The molecule has 0 aromatic carbocycles. The smallest absolute Gasteiger partial charge is 0.127 e. The monoisotopic (exact) mass is 238 g/mol. The molecule has 3 nitrogen and oxygen atoms in total. The van der Waals surface area contributed by atoms with Crippen molar-refractivity contribution in [1.29, 1.82) is 0 Å². The maximum atomic E-state index is 12.1. The number of rotatable bonds is 3. The molecule has 0 aliphatic carbocycles. The van der Waals surface area contributed by atoms with Gasteiger partial charge < -0.3 is 5.32 Å². The second-order valence-corrected chi connectivity index (χ2v) is 5.84. The van der Waals surface area contributed by atoms with Crippen LogP contribution in [-0.4, -0.2) is 28.0 Å². The van der Waals surface area contributed by atoms with Crippen molar-refractivity contribution in [3.8, 4) is 0 Å². The quantitative estimate of drug-likeness (QED) is 0.867. The van der Waals surface area contributed by atoms with Crippen LogP contribution in [0.25, 0.3) is 0 Å². The molecule has 1 aliphatic rings. The number of pyridine rings is 1. The first-order valence-corrected chi connectivity index (χ1v) is 7.09. The third-order valence-corrected chi connectivity index (χ3v) is 4.37. The van der Waals surface area contributed by atoms with Crippen molar-refractivity contribution in [2.24, 2.45) is 5.92 Å². The van der Waals surface area contributed by atoms with E-state index in [1.165, 1.54) is 12.8 Å². The molecular formula is C12H18N2OS. The molecule has 1 aromatic heterocycles. The van der Waals surface area contributed by atoms with Gasteiger partial charge in [-0.3, -0.25) is 4.21 Å². The van der Waals surface area contributed by atoms with Crippen molar-refractivity contribution in [3.05, 3.63) is 23.9 Å². The first-order valence-electron chi connectivity index (χ1n) is 5.77. The van der Waals surface area contributed by atoms with Crippen molar-refractivity contribution in [2.45, 2.75) is 24.8 Å². The molecule has 0 amide bonds. The minimum atomic E-state index is -0.942. The van der Waals surface area contributed by atoms with Crippen LogP contribution in [-0.2, 0) is 10.8 Å². The highest BCUT2D eigenvalue weighted by molar-refractivity contribution is 7.84. The summed E-state index contributed by atoms with van der Waals surface area (Å²) in [7, 11) is -0.942. The first-order chi connectivity index (χ1) is 7.75. The lowest BCUT2D eigenvalue weighted by Gasteiger charge is -2.21. The predicted octanol–water partition coefficient (Wildman–Crippen LogP) is 1.50. The van der Waals surface area contributed by atoms with E-state index in [9.17, 15) is 4.21 Å². The Morgan fingerprint density at radius 2 is 2.50 bits per heavy atom. The van der Waals surface area contributed by atoms with Gasteiger partial charge in [0, 0.05) is 11.9 Å². The van der Waals surface area contributed by atoms with Gasteiger partial charge in [-0.2, -0.15) is 0 Å². The molecule has 16 heavy (non-hydrogen) atoms. The Labute approximate surface area is 99.1 Å². The highest BCUT2D eigenvalue weighted by Gasteiger charge is 2.17. The van der Waals surface area contributed by atoms with Crippen LogP contribution in [0.15, 0.2) is 23.4 Å². The van der Waals surface area contributed by atoms with E-state index in [4.69, 9.17) is 0 Å². The molecule has 1 fully saturated rings. The van der Waals surface area contributed by atoms with Gasteiger partial charge in [-0.1, -0.05) is 0 Å². The highest BCUT2D eigenvalue weighted by atomic mass is 32.2. The van der Waals surface area contributed by atoms with Crippen molar-refractivity contribution in [3.63, 3.8) is 0 Å². The summed E-state index contributed by atoms with van der Waals surface area (Å²) in [5.41, 5.74) is 1.13. The Bertz CT molecular complexity index is 375. The summed E-state index contributed by atoms with van der Waals surface area (Å²) < 4.78 is 12.1. The van der Waals surface area contributed by atoms with Crippen LogP contribution in [0.5, 0.6) is 0 Å². The molecule has 1 N–H and O–H groups in total. The topological polar surface area (TPSA) is 42.0 Å². The molecule has 2 atom stereocenters. The lowest BCUT2D eigenvalue weighted by molar-refractivity contribution is 0.408. The Balaban J connectivity index is 1.97. The van der Waals surface area contributed by atoms with Crippen molar-refractivity contribution in [2.75, 3.05) is 18.8 Å². The molecule has 1 aliphatic heterocycles. The number of nitrogens with one attached hydrogen (secondary N) is 1. The minimum absolute atomic E-state index is 0.539. The fourth-order valence-electron chi connectivity index (χ4n) is 2.00. The Hall–Kier alpha value is -0.740. The number of hydrogen-bond donors (Lipinski definition) is 1. The number of piperidine rings is 1. The van der Waals surface area contributed by atoms with Crippen molar-refractivity contribution < 1.29 is 4.21 Å². The molecule has 0 spiro atoms. The van der Waals surface area contributed by atoms with Crippen LogP contribution >= 0.6 is 0 Å². The first kappa shape index (κ1) is 11.7. The van der Waals surface area contributed by atoms with Gasteiger partial charge in [0.05, 0.1) is 10.8 Å². The lowest BCUT2D eigenvalue weighted by Crippen LogP contribution is -2.32. The molecular weight excluding hydrogens is 220 g/mol. The highest BCUT2D eigenvalue weighted by Crippen LogP contribution is 2.14. The van der Waals surface area contributed by atoms with E-state index in [-0.39, 0.29) is 0 Å². The van der Waals surface area contributed by atoms with E-state index in [2.05, 4.69) is 10.3 Å². The van der Waals surface area contributed by atoms with E-state index in [1.54, 1.807) is 6.20 Å². The summed E-state index contributed by atoms with van der Waals surface area (Å²) in [6.07, 6.45) is 4.12. The number of aromatic nitrogens is 1. The zero-order chi connectivity index (χ0) is 11.4. The number of hydrogen-bond acceptors (Lipinski definition) is 3. The lowest BCUT2D eigenvalue weighted by atomic mass is 10.0. The minimum Gasteiger partial charge on any atom is -0.316 e. The number of aryl methyl sites for hydroxylation is 1. The fraction of sp³-hybridized carbons (Fsp3) is 0.583. The summed E-state index contributed by atoms with van der Waals surface area (Å²) in [6, 6.07) is 3.86. The predicted molar refractivity (Wildman–Crippen MR) is 65.8 cm³/mol. The Morgan fingerprint density at radius 1 is 1.62 bits per heavy atom. The second kappa shape index (κ2) is 5.55. The van der Waals surface area contributed by atoms with Crippen LogP contribution in [0, 0.1) is 12.8 Å². The molecule has 0 saturated carbocycles. The zero-order valence-electron chi connectivity index (χ0n) is 9.61. The average Bonchev–Trinajstić information content (AvgIpc) is 2.30. The van der Waals surface area contributed by atoms with Gasteiger partial charge in [-0.05, 0) is 56.5 Å². The van der Waals surface area contributed by atoms with Crippen molar-refractivity contribution >= 4 is 10.8 Å². The van der Waals surface area contributed by atoms with Gasteiger partial charge in [0.15, 0.2) is 0 Å². The SMILES string of the molecule is Cc1ccnc([S@@](=O)C[C@@H]2CCCNC2)c1. The fourth-order valence-corrected chi connectivity index (χ4v) is 3.38. The summed E-state index contributed by atoms with van der Waals surface area (Å²) in [6.45, 7) is 4.11. The maximum absolute atomic E-state index is 12.1. The molecule has 4 heteroatoms. The number of nitrogens with zero attached hydrogens (tertiary/aromatic N) is 1. The van der Waals surface area contributed by atoms with Gasteiger partial charge in [0.25, 0.3) is 0 Å². The molecule has 88 valence electrons. The van der Waals surface area contributed by atoms with Gasteiger partial charge in [-0.15, -0.1) is 0 Å². The van der Waals surface area contributed by atoms with E-state index in [0.29, 0.717) is 5.92 Å². The Morgan fingerprint density at radius 3 is 3.19 bits per heavy atom. The molecule has 0 unspecified atom stereocenters. The van der Waals surface area contributed by atoms with Gasteiger partial charge in [0.1, 0.15) is 5.03 Å². The van der Waals surface area contributed by atoms with Crippen molar-refractivity contribution in [1.82, 2.24) is 10.3 Å². The molecule has 2 heterocycles. The third-order valence-electron chi connectivity index (χ3n) is 2.91. The van der Waals surface area contributed by atoms with Crippen LogP contribution < -0.4 is 5.32 Å². The van der Waals surface area contributed by atoms with Crippen LogP contribution in [0.3, 0.4) is 0 Å². The van der Waals surface area contributed by atoms with E-state index < -0.39 is 10.8 Å². The maximum Gasteiger partial charge on any atom is 0.127 e.